The van der Waals surface area contributed by atoms with Crippen LogP contribution in [-0.4, -0.2) is 18.2 Å². The smallest absolute Gasteiger partial charge is 0.217 e. The molecule has 1 aliphatic rings. The Morgan fingerprint density at radius 2 is 1.54 bits per heavy atom. The molecule has 0 aliphatic carbocycles. The maximum absolute atomic E-state index is 6.47. The fraction of sp³-hybridized carbons (Fsp3) is 0.136. The summed E-state index contributed by atoms with van der Waals surface area (Å²) in [6.07, 6.45) is 0. The predicted molar refractivity (Wildman–Crippen MR) is 109 cm³/mol. The van der Waals surface area contributed by atoms with Gasteiger partial charge in [-0.15, -0.1) is 11.8 Å². The van der Waals surface area contributed by atoms with Gasteiger partial charge in [-0.1, -0.05) is 60.1 Å². The Bertz CT molecular complexity index is 896. The normalized spacial score (nSPS) is 19.0. The molecular weight excluding hydrogens is 362 g/mol. The van der Waals surface area contributed by atoms with Crippen LogP contribution < -0.4 is 0 Å². The summed E-state index contributed by atoms with van der Waals surface area (Å²) in [5.74, 6) is 1.49. The zero-order valence-electron chi connectivity index (χ0n) is 14.1. The van der Waals surface area contributed by atoms with Crippen LogP contribution in [0, 0.1) is 0 Å². The molecule has 0 radical (unpaired) electrons. The molecule has 26 heavy (non-hydrogen) atoms. The van der Waals surface area contributed by atoms with E-state index < -0.39 is 5.60 Å². The number of ether oxygens (including phenoxy) is 1. The summed E-state index contributed by atoms with van der Waals surface area (Å²) < 4.78 is 6.47. The first-order valence-corrected chi connectivity index (χ1v) is 9.84. The number of aliphatic imine (C=N–C) groups is 1. The minimum Gasteiger partial charge on any atom is -0.463 e. The van der Waals surface area contributed by atoms with Crippen molar-refractivity contribution in [1.29, 1.82) is 0 Å². The summed E-state index contributed by atoms with van der Waals surface area (Å²) >= 11 is 7.76. The molecule has 1 aliphatic heterocycles. The molecule has 4 rings (SSSR count). The van der Waals surface area contributed by atoms with E-state index >= 15 is 0 Å². The zero-order valence-corrected chi connectivity index (χ0v) is 15.7. The number of benzene rings is 3. The Morgan fingerprint density at radius 3 is 2.23 bits per heavy atom. The van der Waals surface area contributed by atoms with E-state index in [2.05, 4.69) is 12.1 Å². The van der Waals surface area contributed by atoms with Gasteiger partial charge in [0, 0.05) is 21.2 Å². The van der Waals surface area contributed by atoms with Crippen LogP contribution in [0.15, 0.2) is 94.8 Å². The lowest BCUT2D eigenvalue weighted by atomic mass is 9.96. The number of hydrogen-bond donors (Lipinski definition) is 0. The van der Waals surface area contributed by atoms with Gasteiger partial charge in [0.05, 0.1) is 6.54 Å². The number of thioether (sulfide) groups is 1. The number of rotatable bonds is 5. The number of hydrogen-bond acceptors (Lipinski definition) is 3. The fourth-order valence-corrected chi connectivity index (χ4v) is 4.13. The van der Waals surface area contributed by atoms with Crippen LogP contribution in [-0.2, 0) is 10.3 Å². The SMILES string of the molecule is Clc1ccc(SCC2(c3ccccc3)CN=C(c3ccccc3)O2)cc1. The monoisotopic (exact) mass is 379 g/mol. The Balaban J connectivity index is 1.59. The second-order valence-corrected chi connectivity index (χ2v) is 7.68. The number of nitrogens with zero attached hydrogens (tertiary/aromatic N) is 1. The van der Waals surface area contributed by atoms with Crippen molar-refractivity contribution in [2.75, 3.05) is 12.3 Å². The number of halogens is 1. The first-order valence-electron chi connectivity index (χ1n) is 8.48. The highest BCUT2D eigenvalue weighted by Crippen LogP contribution is 2.37. The molecule has 0 bridgehead atoms. The average molecular weight is 380 g/mol. The van der Waals surface area contributed by atoms with Crippen molar-refractivity contribution in [2.45, 2.75) is 10.5 Å². The van der Waals surface area contributed by atoms with Crippen molar-refractivity contribution in [3.8, 4) is 0 Å². The second-order valence-electron chi connectivity index (χ2n) is 6.19. The van der Waals surface area contributed by atoms with Crippen molar-refractivity contribution in [3.63, 3.8) is 0 Å². The largest absolute Gasteiger partial charge is 0.463 e. The van der Waals surface area contributed by atoms with E-state index in [-0.39, 0.29) is 0 Å². The first-order chi connectivity index (χ1) is 12.8. The van der Waals surface area contributed by atoms with Gasteiger partial charge in [-0.05, 0) is 42.0 Å². The third-order valence-electron chi connectivity index (χ3n) is 4.38. The molecule has 3 aromatic carbocycles. The third kappa shape index (κ3) is 3.64. The zero-order chi connectivity index (χ0) is 17.8. The minimum absolute atomic E-state index is 0.462. The lowest BCUT2D eigenvalue weighted by molar-refractivity contribution is 0.114. The second kappa shape index (κ2) is 7.56. The topological polar surface area (TPSA) is 21.6 Å². The molecule has 0 spiro atoms. The van der Waals surface area contributed by atoms with Gasteiger partial charge in [-0.3, -0.25) is 0 Å². The quantitative estimate of drug-likeness (QED) is 0.522. The van der Waals surface area contributed by atoms with Crippen molar-refractivity contribution < 1.29 is 4.74 Å². The van der Waals surface area contributed by atoms with Crippen molar-refractivity contribution in [2.24, 2.45) is 4.99 Å². The summed E-state index contributed by atoms with van der Waals surface area (Å²) in [5.41, 5.74) is 1.70. The van der Waals surface area contributed by atoms with Gasteiger partial charge in [0.2, 0.25) is 5.90 Å². The summed E-state index contributed by atoms with van der Waals surface area (Å²) in [4.78, 5) is 5.89. The van der Waals surface area contributed by atoms with Crippen LogP contribution in [0.1, 0.15) is 11.1 Å². The molecule has 2 nitrogen and oxygen atoms in total. The molecule has 0 amide bonds. The highest BCUT2D eigenvalue weighted by atomic mass is 35.5. The van der Waals surface area contributed by atoms with E-state index in [9.17, 15) is 0 Å². The Kier molecular flexibility index (Phi) is 5.00. The van der Waals surface area contributed by atoms with E-state index in [1.807, 2.05) is 72.8 Å². The molecule has 0 N–H and O–H groups in total. The molecule has 1 heterocycles. The Hall–Kier alpha value is -2.23. The molecule has 0 saturated heterocycles. The Morgan fingerprint density at radius 1 is 0.885 bits per heavy atom. The minimum atomic E-state index is -0.462. The average Bonchev–Trinajstić information content (AvgIpc) is 3.15. The molecule has 3 aromatic rings. The molecule has 1 unspecified atom stereocenters. The van der Waals surface area contributed by atoms with Crippen LogP contribution in [0.2, 0.25) is 5.02 Å². The van der Waals surface area contributed by atoms with Gasteiger partial charge < -0.3 is 4.74 Å². The lowest BCUT2D eigenvalue weighted by Crippen LogP contribution is -2.33. The van der Waals surface area contributed by atoms with Crippen LogP contribution in [0.3, 0.4) is 0 Å². The van der Waals surface area contributed by atoms with Gasteiger partial charge in [-0.2, -0.15) is 0 Å². The first kappa shape index (κ1) is 17.2. The summed E-state index contributed by atoms with van der Waals surface area (Å²) in [6, 6.07) is 28.4. The van der Waals surface area contributed by atoms with Crippen LogP contribution in [0.5, 0.6) is 0 Å². The summed E-state index contributed by atoms with van der Waals surface area (Å²) in [7, 11) is 0. The van der Waals surface area contributed by atoms with Crippen molar-refractivity contribution in [3.05, 3.63) is 101 Å². The van der Waals surface area contributed by atoms with E-state index in [0.717, 1.165) is 21.9 Å². The standard InChI is InChI=1S/C22H18ClNOS/c23-19-11-13-20(14-12-19)26-16-22(18-9-5-2-6-10-18)15-24-21(25-22)17-7-3-1-4-8-17/h1-14H,15-16H2. The maximum Gasteiger partial charge on any atom is 0.217 e. The molecule has 130 valence electrons. The van der Waals surface area contributed by atoms with E-state index in [1.165, 1.54) is 4.90 Å². The summed E-state index contributed by atoms with van der Waals surface area (Å²) in [6.45, 7) is 0.613. The molecule has 4 heteroatoms. The van der Waals surface area contributed by atoms with Crippen molar-refractivity contribution in [1.82, 2.24) is 0 Å². The summed E-state index contributed by atoms with van der Waals surface area (Å²) in [5, 5.41) is 0.749. The van der Waals surface area contributed by atoms with Crippen LogP contribution in [0.4, 0.5) is 0 Å². The third-order valence-corrected chi connectivity index (χ3v) is 5.84. The molecule has 0 fully saturated rings. The van der Waals surface area contributed by atoms with Gasteiger partial charge >= 0.3 is 0 Å². The molecule has 1 atom stereocenters. The highest BCUT2D eigenvalue weighted by molar-refractivity contribution is 7.99. The van der Waals surface area contributed by atoms with E-state index in [1.54, 1.807) is 11.8 Å². The molecule has 0 aromatic heterocycles. The Labute approximate surface area is 162 Å². The van der Waals surface area contributed by atoms with E-state index in [0.29, 0.717) is 12.4 Å². The fourth-order valence-electron chi connectivity index (χ4n) is 2.96. The van der Waals surface area contributed by atoms with Crippen LogP contribution in [0.25, 0.3) is 0 Å². The van der Waals surface area contributed by atoms with E-state index in [4.69, 9.17) is 21.3 Å². The highest BCUT2D eigenvalue weighted by Gasteiger charge is 2.40. The van der Waals surface area contributed by atoms with Crippen molar-refractivity contribution >= 4 is 29.3 Å². The van der Waals surface area contributed by atoms with Gasteiger partial charge in [0.15, 0.2) is 5.60 Å². The maximum atomic E-state index is 6.47. The van der Waals surface area contributed by atoms with Crippen LogP contribution >= 0.6 is 23.4 Å². The molecular formula is C22H18ClNOS. The molecule has 0 saturated carbocycles. The predicted octanol–water partition coefficient (Wildman–Crippen LogP) is 5.80. The van der Waals surface area contributed by atoms with Gasteiger partial charge in [-0.25, -0.2) is 4.99 Å². The lowest BCUT2D eigenvalue weighted by Gasteiger charge is -2.29. The van der Waals surface area contributed by atoms with Gasteiger partial charge in [0.1, 0.15) is 0 Å². The van der Waals surface area contributed by atoms with Gasteiger partial charge in [0.25, 0.3) is 0 Å².